The van der Waals surface area contributed by atoms with E-state index < -0.39 is 0 Å². The molecule has 2 aromatic heterocycles. The van der Waals surface area contributed by atoms with Crippen LogP contribution in [0.1, 0.15) is 35.3 Å². The number of rotatable bonds is 7. The van der Waals surface area contributed by atoms with E-state index in [1.54, 1.807) is 37.7 Å². The van der Waals surface area contributed by atoms with Gasteiger partial charge in [0.25, 0.3) is 0 Å². The number of aromatic nitrogens is 5. The number of imidazole rings is 1. The van der Waals surface area contributed by atoms with Gasteiger partial charge in [-0.15, -0.1) is 5.10 Å². The normalized spacial score (nSPS) is 15.8. The largest absolute Gasteiger partial charge is 0.495 e. The molecule has 1 atom stereocenters. The number of ether oxygens (including phenoxy) is 1. The van der Waals surface area contributed by atoms with Crippen LogP contribution >= 0.6 is 0 Å². The van der Waals surface area contributed by atoms with Crippen LogP contribution in [0.3, 0.4) is 0 Å². The van der Waals surface area contributed by atoms with E-state index in [1.165, 1.54) is 24.3 Å². The van der Waals surface area contributed by atoms with Crippen molar-refractivity contribution in [3.63, 3.8) is 0 Å². The van der Waals surface area contributed by atoms with Gasteiger partial charge in [-0.25, -0.2) is 18.4 Å². The fourth-order valence-corrected chi connectivity index (χ4v) is 5.31. The number of aryl methyl sites for hydroxylation is 1. The number of likely N-dealkylation sites (tertiary alicyclic amines) is 1. The number of halogens is 2. The number of methoxy groups -OCH3 is 1. The van der Waals surface area contributed by atoms with Gasteiger partial charge in [-0.3, -0.25) is 4.90 Å². The quantitative estimate of drug-likeness (QED) is 0.270. The Balaban J connectivity index is 1.24. The third-order valence-corrected chi connectivity index (χ3v) is 7.28. The molecule has 0 amide bonds. The minimum Gasteiger partial charge on any atom is -0.495 e. The molecule has 3 heterocycles. The SMILES string of the molecule is COc1cc(-c2cn(C3CCN(C(c4ccc(F)cc4)c4ccc(F)cc4)C3)nn2)ccc1-n1cnc(C)c1. The summed E-state index contributed by atoms with van der Waals surface area (Å²) in [7, 11) is 1.65. The van der Waals surface area contributed by atoms with E-state index in [4.69, 9.17) is 4.74 Å². The molecule has 7 nitrogen and oxygen atoms in total. The van der Waals surface area contributed by atoms with Crippen LogP contribution in [0.2, 0.25) is 0 Å². The maximum absolute atomic E-state index is 13.7. The minimum atomic E-state index is -0.282. The van der Waals surface area contributed by atoms with Crippen molar-refractivity contribution in [1.29, 1.82) is 0 Å². The fraction of sp³-hybridized carbons (Fsp3) is 0.233. The van der Waals surface area contributed by atoms with Crippen LogP contribution in [-0.2, 0) is 0 Å². The van der Waals surface area contributed by atoms with E-state index in [0.717, 1.165) is 53.3 Å². The zero-order chi connectivity index (χ0) is 26.9. The van der Waals surface area contributed by atoms with Gasteiger partial charge in [0, 0.05) is 24.8 Å². The van der Waals surface area contributed by atoms with Gasteiger partial charge in [-0.2, -0.15) is 0 Å². The first kappa shape index (κ1) is 24.9. The van der Waals surface area contributed by atoms with Crippen molar-refractivity contribution in [2.24, 2.45) is 0 Å². The maximum atomic E-state index is 13.7. The summed E-state index contributed by atoms with van der Waals surface area (Å²) in [5.74, 6) is 0.152. The van der Waals surface area contributed by atoms with Crippen molar-refractivity contribution in [1.82, 2.24) is 29.4 Å². The van der Waals surface area contributed by atoms with Gasteiger partial charge in [-0.05, 0) is 60.9 Å². The monoisotopic (exact) mass is 526 g/mol. The van der Waals surface area contributed by atoms with E-state index in [0.29, 0.717) is 5.75 Å². The number of hydrogen-bond donors (Lipinski definition) is 0. The van der Waals surface area contributed by atoms with Crippen molar-refractivity contribution < 1.29 is 13.5 Å². The van der Waals surface area contributed by atoms with E-state index >= 15 is 0 Å². The highest BCUT2D eigenvalue weighted by atomic mass is 19.1. The van der Waals surface area contributed by atoms with Gasteiger partial charge in [0.1, 0.15) is 23.1 Å². The van der Waals surface area contributed by atoms with E-state index in [1.807, 2.05) is 46.8 Å². The Bertz CT molecular complexity index is 1530. The minimum absolute atomic E-state index is 0.115. The first-order valence-electron chi connectivity index (χ1n) is 12.8. The molecule has 0 radical (unpaired) electrons. The molecule has 1 aliphatic rings. The summed E-state index contributed by atoms with van der Waals surface area (Å²) in [6.07, 6.45) is 6.56. The molecule has 0 aliphatic carbocycles. The Morgan fingerprint density at radius 2 is 1.62 bits per heavy atom. The molecule has 1 unspecified atom stereocenters. The first-order valence-corrected chi connectivity index (χ1v) is 12.8. The van der Waals surface area contributed by atoms with E-state index in [2.05, 4.69) is 20.2 Å². The maximum Gasteiger partial charge on any atom is 0.143 e. The van der Waals surface area contributed by atoms with Crippen LogP contribution < -0.4 is 4.74 Å². The predicted molar refractivity (Wildman–Crippen MR) is 144 cm³/mol. The number of nitrogens with zero attached hydrogens (tertiary/aromatic N) is 6. The average molecular weight is 527 g/mol. The van der Waals surface area contributed by atoms with Crippen molar-refractivity contribution in [3.05, 3.63) is 114 Å². The lowest BCUT2D eigenvalue weighted by Crippen LogP contribution is -2.28. The summed E-state index contributed by atoms with van der Waals surface area (Å²) in [5.41, 5.74) is 5.41. The van der Waals surface area contributed by atoms with Crippen LogP contribution in [0.25, 0.3) is 16.9 Å². The molecule has 198 valence electrons. The Hall–Kier alpha value is -4.37. The lowest BCUT2D eigenvalue weighted by atomic mass is 9.97. The van der Waals surface area contributed by atoms with Crippen molar-refractivity contribution in [2.75, 3.05) is 20.2 Å². The second kappa shape index (κ2) is 10.4. The Morgan fingerprint density at radius 1 is 0.923 bits per heavy atom. The summed E-state index contributed by atoms with van der Waals surface area (Å²) < 4.78 is 36.9. The average Bonchev–Trinajstić information content (AvgIpc) is 3.72. The zero-order valence-corrected chi connectivity index (χ0v) is 21.7. The first-order chi connectivity index (χ1) is 19.0. The van der Waals surface area contributed by atoms with Crippen molar-refractivity contribution in [2.45, 2.75) is 25.4 Å². The lowest BCUT2D eigenvalue weighted by Gasteiger charge is -2.29. The second-order valence-electron chi connectivity index (χ2n) is 9.84. The van der Waals surface area contributed by atoms with Crippen LogP contribution in [0, 0.1) is 18.6 Å². The van der Waals surface area contributed by atoms with Crippen molar-refractivity contribution >= 4 is 0 Å². The Labute approximate surface area is 225 Å². The molecule has 0 N–H and O–H groups in total. The molecule has 1 aliphatic heterocycles. The second-order valence-corrected chi connectivity index (χ2v) is 9.84. The van der Waals surface area contributed by atoms with Crippen LogP contribution in [0.15, 0.2) is 85.5 Å². The van der Waals surface area contributed by atoms with Crippen LogP contribution in [0.4, 0.5) is 8.78 Å². The fourth-order valence-electron chi connectivity index (χ4n) is 5.31. The molecular formula is C30H28F2N6O. The highest BCUT2D eigenvalue weighted by Gasteiger charge is 2.32. The van der Waals surface area contributed by atoms with Crippen molar-refractivity contribution in [3.8, 4) is 22.7 Å². The summed E-state index contributed by atoms with van der Waals surface area (Å²) in [5, 5.41) is 8.92. The Kier molecular flexibility index (Phi) is 6.66. The predicted octanol–water partition coefficient (Wildman–Crippen LogP) is 5.76. The topological polar surface area (TPSA) is 61.0 Å². The zero-order valence-electron chi connectivity index (χ0n) is 21.7. The third-order valence-electron chi connectivity index (χ3n) is 7.28. The molecule has 1 saturated heterocycles. The Morgan fingerprint density at radius 3 is 2.23 bits per heavy atom. The third kappa shape index (κ3) is 5.05. The highest BCUT2D eigenvalue weighted by molar-refractivity contribution is 5.64. The summed E-state index contributed by atoms with van der Waals surface area (Å²) in [4.78, 5) is 6.64. The lowest BCUT2D eigenvalue weighted by molar-refractivity contribution is 0.266. The molecule has 5 aromatic rings. The van der Waals surface area contributed by atoms with Crippen LogP contribution in [-0.4, -0.2) is 49.6 Å². The molecule has 39 heavy (non-hydrogen) atoms. The van der Waals surface area contributed by atoms with E-state index in [-0.39, 0.29) is 23.7 Å². The molecule has 6 rings (SSSR count). The standard InChI is InChI=1S/C30H28F2N6O/c1-20-16-37(19-33-20)28-12-7-23(15-29(28)39-2)27-18-38(35-34-27)26-13-14-36(17-26)30(21-3-8-24(31)9-4-21)22-5-10-25(32)11-6-22/h3-12,15-16,18-19,26,30H,13-14,17H2,1-2H3. The van der Waals surface area contributed by atoms with Gasteiger partial charge in [0.15, 0.2) is 0 Å². The van der Waals surface area contributed by atoms with Gasteiger partial charge >= 0.3 is 0 Å². The highest BCUT2D eigenvalue weighted by Crippen LogP contribution is 2.35. The molecule has 1 fully saturated rings. The van der Waals surface area contributed by atoms with Gasteiger partial charge in [0.2, 0.25) is 0 Å². The van der Waals surface area contributed by atoms with Gasteiger partial charge in [-0.1, -0.05) is 35.5 Å². The number of hydrogen-bond acceptors (Lipinski definition) is 5. The molecule has 0 saturated carbocycles. The summed E-state index contributed by atoms with van der Waals surface area (Å²) >= 11 is 0. The van der Waals surface area contributed by atoms with Gasteiger partial charge < -0.3 is 9.30 Å². The summed E-state index contributed by atoms with van der Waals surface area (Å²) in [6.45, 7) is 3.48. The van der Waals surface area contributed by atoms with E-state index in [9.17, 15) is 8.78 Å². The van der Waals surface area contributed by atoms with Gasteiger partial charge in [0.05, 0.1) is 43.1 Å². The molecule has 0 spiro atoms. The molecule has 3 aromatic carbocycles. The van der Waals surface area contributed by atoms with Crippen LogP contribution in [0.5, 0.6) is 5.75 Å². The summed E-state index contributed by atoms with van der Waals surface area (Å²) in [6, 6.07) is 19.0. The molecular weight excluding hydrogens is 498 g/mol. The molecule has 0 bridgehead atoms. The smallest absolute Gasteiger partial charge is 0.143 e. The molecule has 9 heteroatoms. The number of benzene rings is 3.